The Bertz CT molecular complexity index is 758. The minimum atomic E-state index is -0.531. The van der Waals surface area contributed by atoms with Crippen LogP contribution in [-0.4, -0.2) is 44.7 Å². The normalized spacial score (nSPS) is 17.5. The van der Waals surface area contributed by atoms with E-state index in [2.05, 4.69) is 10.2 Å². The van der Waals surface area contributed by atoms with E-state index in [1.54, 1.807) is 0 Å². The van der Waals surface area contributed by atoms with Crippen molar-refractivity contribution in [1.82, 2.24) is 10.2 Å². The zero-order chi connectivity index (χ0) is 19.3. The van der Waals surface area contributed by atoms with E-state index in [9.17, 15) is 4.79 Å². The highest BCUT2D eigenvalue weighted by atomic mass is 35.5. The van der Waals surface area contributed by atoms with Gasteiger partial charge in [-0.15, -0.1) is 0 Å². The van der Waals surface area contributed by atoms with E-state index >= 15 is 0 Å². The maximum Gasteiger partial charge on any atom is 0.230 e. The van der Waals surface area contributed by atoms with Crippen molar-refractivity contribution in [2.75, 3.05) is 33.9 Å². The molecule has 0 spiro atoms. The Kier molecular flexibility index (Phi) is 6.53. The van der Waals surface area contributed by atoms with Crippen LogP contribution in [0.1, 0.15) is 30.0 Å². The fourth-order valence-corrected chi connectivity index (χ4v) is 4.06. The standard InChI is InChI=1S/C22H27ClN2O2/c1-25(2)20(18-10-6-7-11-19(18)23)16-24-21(26)22(12-14-27-15-13-22)17-8-4-3-5-9-17/h3-11,20H,12-16H2,1-2H3,(H,24,26)/t20-/m0/s1. The van der Waals surface area contributed by atoms with Gasteiger partial charge >= 0.3 is 0 Å². The van der Waals surface area contributed by atoms with Crippen LogP contribution in [0.3, 0.4) is 0 Å². The summed E-state index contributed by atoms with van der Waals surface area (Å²) in [6, 6.07) is 17.9. The quantitative estimate of drug-likeness (QED) is 0.820. The zero-order valence-corrected chi connectivity index (χ0v) is 16.7. The lowest BCUT2D eigenvalue weighted by molar-refractivity contribution is -0.130. The molecule has 1 aliphatic heterocycles. The first kappa shape index (κ1) is 19.9. The first-order valence-electron chi connectivity index (χ1n) is 9.37. The molecule has 1 fully saturated rings. The molecule has 144 valence electrons. The monoisotopic (exact) mass is 386 g/mol. The first-order valence-corrected chi connectivity index (χ1v) is 9.75. The minimum Gasteiger partial charge on any atom is -0.381 e. The highest BCUT2D eigenvalue weighted by Gasteiger charge is 2.41. The molecule has 0 bridgehead atoms. The lowest BCUT2D eigenvalue weighted by atomic mass is 9.73. The number of rotatable bonds is 6. The van der Waals surface area contributed by atoms with Crippen molar-refractivity contribution in [3.8, 4) is 0 Å². The molecule has 1 N–H and O–H groups in total. The number of amides is 1. The summed E-state index contributed by atoms with van der Waals surface area (Å²) in [5, 5.41) is 3.92. The van der Waals surface area contributed by atoms with Crippen LogP contribution in [0.4, 0.5) is 0 Å². The van der Waals surface area contributed by atoms with Crippen molar-refractivity contribution in [3.63, 3.8) is 0 Å². The molecule has 2 aromatic carbocycles. The van der Waals surface area contributed by atoms with Gasteiger partial charge in [0.05, 0.1) is 11.5 Å². The van der Waals surface area contributed by atoms with Crippen LogP contribution in [0.5, 0.6) is 0 Å². The molecule has 1 aliphatic rings. The van der Waals surface area contributed by atoms with Gasteiger partial charge in [-0.1, -0.05) is 60.1 Å². The summed E-state index contributed by atoms with van der Waals surface area (Å²) in [5.74, 6) is 0.0657. The van der Waals surface area contributed by atoms with Gasteiger partial charge in [0, 0.05) is 24.8 Å². The van der Waals surface area contributed by atoms with Gasteiger partial charge in [0.1, 0.15) is 0 Å². The molecule has 1 atom stereocenters. The third-order valence-electron chi connectivity index (χ3n) is 5.45. The summed E-state index contributed by atoms with van der Waals surface area (Å²) in [7, 11) is 4.00. The number of likely N-dealkylation sites (N-methyl/N-ethyl adjacent to an activating group) is 1. The van der Waals surface area contributed by atoms with Crippen molar-refractivity contribution >= 4 is 17.5 Å². The van der Waals surface area contributed by atoms with Gasteiger partial charge in [0.25, 0.3) is 0 Å². The van der Waals surface area contributed by atoms with Crippen LogP contribution < -0.4 is 5.32 Å². The molecule has 1 saturated heterocycles. The second-order valence-electron chi connectivity index (χ2n) is 7.27. The van der Waals surface area contributed by atoms with Gasteiger partial charge in [-0.25, -0.2) is 0 Å². The predicted octanol–water partition coefficient (Wildman–Crippen LogP) is 3.81. The molecule has 0 radical (unpaired) electrons. The minimum absolute atomic E-state index is 0.00955. The number of halogens is 1. The smallest absolute Gasteiger partial charge is 0.230 e. The van der Waals surface area contributed by atoms with Gasteiger partial charge in [-0.05, 0) is 44.1 Å². The first-order chi connectivity index (χ1) is 13.0. The Hall–Kier alpha value is -1.88. The number of nitrogens with zero attached hydrogens (tertiary/aromatic N) is 1. The molecule has 0 aromatic heterocycles. The van der Waals surface area contributed by atoms with E-state index in [4.69, 9.17) is 16.3 Å². The third-order valence-corrected chi connectivity index (χ3v) is 5.80. The molecule has 0 unspecified atom stereocenters. The highest BCUT2D eigenvalue weighted by molar-refractivity contribution is 6.31. The number of nitrogens with one attached hydrogen (secondary N) is 1. The Morgan fingerprint density at radius 2 is 1.74 bits per heavy atom. The lowest BCUT2D eigenvalue weighted by Crippen LogP contribution is -2.49. The van der Waals surface area contributed by atoms with Crippen molar-refractivity contribution in [3.05, 3.63) is 70.7 Å². The second kappa shape index (κ2) is 8.87. The molecule has 2 aromatic rings. The van der Waals surface area contributed by atoms with E-state index in [1.807, 2.05) is 68.7 Å². The van der Waals surface area contributed by atoms with Crippen LogP contribution in [-0.2, 0) is 14.9 Å². The van der Waals surface area contributed by atoms with Crippen molar-refractivity contribution in [2.24, 2.45) is 0 Å². The number of hydrogen-bond acceptors (Lipinski definition) is 3. The molecular weight excluding hydrogens is 360 g/mol. The Balaban J connectivity index is 1.80. The lowest BCUT2D eigenvalue weighted by Gasteiger charge is -2.37. The maximum atomic E-state index is 13.3. The van der Waals surface area contributed by atoms with Crippen molar-refractivity contribution in [2.45, 2.75) is 24.3 Å². The largest absolute Gasteiger partial charge is 0.381 e. The summed E-state index contributed by atoms with van der Waals surface area (Å²) in [6.45, 7) is 1.71. The van der Waals surface area contributed by atoms with Gasteiger partial charge in [-0.2, -0.15) is 0 Å². The van der Waals surface area contributed by atoms with Gasteiger partial charge < -0.3 is 15.0 Å². The highest BCUT2D eigenvalue weighted by Crippen LogP contribution is 2.35. The molecule has 1 amide bonds. The molecule has 1 heterocycles. The molecule has 0 saturated carbocycles. The van der Waals surface area contributed by atoms with E-state index in [1.165, 1.54) is 0 Å². The zero-order valence-electron chi connectivity index (χ0n) is 16.0. The second-order valence-corrected chi connectivity index (χ2v) is 7.68. The number of hydrogen-bond donors (Lipinski definition) is 1. The molecule has 3 rings (SSSR count). The summed E-state index contributed by atoms with van der Waals surface area (Å²) >= 11 is 6.39. The fraction of sp³-hybridized carbons (Fsp3) is 0.409. The predicted molar refractivity (Wildman–Crippen MR) is 109 cm³/mol. The molecule has 5 heteroatoms. The number of carbonyl (C=O) groups is 1. The van der Waals surface area contributed by atoms with Gasteiger partial charge in [0.15, 0.2) is 0 Å². The summed E-state index contributed by atoms with van der Waals surface area (Å²) in [4.78, 5) is 15.4. The summed E-state index contributed by atoms with van der Waals surface area (Å²) in [5.41, 5.74) is 1.55. The topological polar surface area (TPSA) is 41.6 Å². The van der Waals surface area contributed by atoms with E-state index in [-0.39, 0.29) is 11.9 Å². The summed E-state index contributed by atoms with van der Waals surface area (Å²) < 4.78 is 5.54. The van der Waals surface area contributed by atoms with Crippen LogP contribution in [0.25, 0.3) is 0 Å². The van der Waals surface area contributed by atoms with Crippen molar-refractivity contribution in [1.29, 1.82) is 0 Å². The molecule has 4 nitrogen and oxygen atoms in total. The van der Waals surface area contributed by atoms with Gasteiger partial charge in [0.2, 0.25) is 5.91 Å². The third kappa shape index (κ3) is 4.34. The van der Waals surface area contributed by atoms with E-state index in [0.717, 1.165) is 11.1 Å². The average Bonchev–Trinajstić information content (AvgIpc) is 2.70. The number of benzene rings is 2. The van der Waals surface area contributed by atoms with Crippen molar-refractivity contribution < 1.29 is 9.53 Å². The number of ether oxygens (including phenoxy) is 1. The SMILES string of the molecule is CN(C)[C@@H](CNC(=O)C1(c2ccccc2)CCOCC1)c1ccccc1Cl. The average molecular weight is 387 g/mol. The molecule has 27 heavy (non-hydrogen) atoms. The van der Waals surface area contributed by atoms with Crippen LogP contribution in [0, 0.1) is 0 Å². The molecular formula is C22H27ClN2O2. The summed E-state index contributed by atoms with van der Waals surface area (Å²) in [6.07, 6.45) is 1.39. The van der Waals surface area contributed by atoms with Gasteiger partial charge in [-0.3, -0.25) is 4.79 Å². The maximum absolute atomic E-state index is 13.3. The Morgan fingerprint density at radius 1 is 1.11 bits per heavy atom. The van der Waals surface area contributed by atoms with Crippen LogP contribution in [0.15, 0.2) is 54.6 Å². The van der Waals surface area contributed by atoms with E-state index in [0.29, 0.717) is 37.6 Å². The number of carbonyl (C=O) groups excluding carboxylic acids is 1. The Morgan fingerprint density at radius 3 is 2.37 bits per heavy atom. The van der Waals surface area contributed by atoms with Crippen LogP contribution >= 0.6 is 11.6 Å². The molecule has 0 aliphatic carbocycles. The fourth-order valence-electron chi connectivity index (χ4n) is 3.80. The van der Waals surface area contributed by atoms with Crippen LogP contribution in [0.2, 0.25) is 5.02 Å². The Labute approximate surface area is 166 Å². The van der Waals surface area contributed by atoms with E-state index < -0.39 is 5.41 Å².